The van der Waals surface area contributed by atoms with Gasteiger partial charge in [0.2, 0.25) is 0 Å². The van der Waals surface area contributed by atoms with E-state index < -0.39 is 0 Å². The van der Waals surface area contributed by atoms with Gasteiger partial charge in [0.25, 0.3) is 5.91 Å². The van der Waals surface area contributed by atoms with Gasteiger partial charge in [0, 0.05) is 17.1 Å². The van der Waals surface area contributed by atoms with Crippen LogP contribution in [-0.2, 0) is 4.74 Å². The van der Waals surface area contributed by atoms with Crippen LogP contribution in [0.2, 0.25) is 5.02 Å². The van der Waals surface area contributed by atoms with E-state index in [0.717, 1.165) is 0 Å². The van der Waals surface area contributed by atoms with Crippen LogP contribution < -0.4 is 5.32 Å². The number of ether oxygens (including phenoxy) is 1. The Morgan fingerprint density at radius 1 is 1.59 bits per heavy atom. The number of carbonyl (C=O) groups is 1. The van der Waals surface area contributed by atoms with Crippen LogP contribution in [0, 0.1) is 0 Å². The Morgan fingerprint density at radius 2 is 2.29 bits per heavy atom. The van der Waals surface area contributed by atoms with Gasteiger partial charge in [-0.25, -0.2) is 0 Å². The van der Waals surface area contributed by atoms with Crippen LogP contribution in [0.5, 0.6) is 0 Å². The highest BCUT2D eigenvalue weighted by Crippen LogP contribution is 2.25. The highest BCUT2D eigenvalue weighted by molar-refractivity contribution is 9.10. The number of rotatable bonds is 5. The molecular weight excluding hydrogens is 305 g/mol. The third-order valence-electron chi connectivity index (χ3n) is 2.15. The minimum atomic E-state index is -0.191. The second kappa shape index (κ2) is 6.99. The Morgan fingerprint density at radius 3 is 2.94 bits per heavy atom. The van der Waals surface area contributed by atoms with Crippen molar-refractivity contribution in [3.05, 3.63) is 33.3 Å². The summed E-state index contributed by atoms with van der Waals surface area (Å²) in [7, 11) is 0. The van der Waals surface area contributed by atoms with Gasteiger partial charge in [-0.05, 0) is 41.9 Å². The standard InChI is InChI=1S/C12H15BrClNO2/c1-3-17-7-8(2)15-12(16)9-5-4-6-10(13)11(9)14/h4-6,8H,3,7H2,1-2H3,(H,15,16). The van der Waals surface area contributed by atoms with Crippen molar-refractivity contribution in [1.29, 1.82) is 0 Å². The fraction of sp³-hybridized carbons (Fsp3) is 0.417. The van der Waals surface area contributed by atoms with Crippen molar-refractivity contribution < 1.29 is 9.53 Å². The lowest BCUT2D eigenvalue weighted by atomic mass is 10.2. The van der Waals surface area contributed by atoms with E-state index in [4.69, 9.17) is 16.3 Å². The fourth-order valence-corrected chi connectivity index (χ4v) is 1.90. The zero-order valence-electron chi connectivity index (χ0n) is 9.80. The number of amides is 1. The molecule has 0 bridgehead atoms. The number of carbonyl (C=O) groups excluding carboxylic acids is 1. The summed E-state index contributed by atoms with van der Waals surface area (Å²) in [5.41, 5.74) is 0.462. The molecule has 0 saturated heterocycles. The smallest absolute Gasteiger partial charge is 0.253 e. The van der Waals surface area contributed by atoms with Crippen LogP contribution in [0.25, 0.3) is 0 Å². The van der Waals surface area contributed by atoms with Gasteiger partial charge in [0.05, 0.1) is 17.2 Å². The first kappa shape index (κ1) is 14.5. The highest BCUT2D eigenvalue weighted by Gasteiger charge is 2.14. The van der Waals surface area contributed by atoms with Crippen LogP contribution in [-0.4, -0.2) is 25.2 Å². The first-order chi connectivity index (χ1) is 8.06. The molecule has 0 heterocycles. The van der Waals surface area contributed by atoms with Crippen LogP contribution >= 0.6 is 27.5 Å². The summed E-state index contributed by atoms with van der Waals surface area (Å²) in [4.78, 5) is 11.9. The minimum absolute atomic E-state index is 0.0440. The quantitative estimate of drug-likeness (QED) is 0.904. The van der Waals surface area contributed by atoms with E-state index in [1.54, 1.807) is 18.2 Å². The van der Waals surface area contributed by atoms with Crippen LogP contribution in [0.4, 0.5) is 0 Å². The predicted molar refractivity (Wildman–Crippen MR) is 72.6 cm³/mol. The fourth-order valence-electron chi connectivity index (χ4n) is 1.32. The molecule has 0 spiro atoms. The predicted octanol–water partition coefficient (Wildman–Crippen LogP) is 3.26. The molecule has 1 rings (SSSR count). The molecule has 3 nitrogen and oxygen atoms in total. The summed E-state index contributed by atoms with van der Waals surface area (Å²) < 4.78 is 5.94. The van der Waals surface area contributed by atoms with E-state index in [1.807, 2.05) is 13.8 Å². The summed E-state index contributed by atoms with van der Waals surface area (Å²) in [5, 5.41) is 3.25. The van der Waals surface area contributed by atoms with Gasteiger partial charge >= 0.3 is 0 Å². The Hall–Kier alpha value is -0.580. The molecule has 0 aromatic heterocycles. The van der Waals surface area contributed by atoms with E-state index >= 15 is 0 Å². The van der Waals surface area contributed by atoms with Crippen molar-refractivity contribution in [1.82, 2.24) is 5.32 Å². The molecule has 0 radical (unpaired) electrons. The van der Waals surface area contributed by atoms with Crippen LogP contribution in [0.15, 0.2) is 22.7 Å². The summed E-state index contributed by atoms with van der Waals surface area (Å²) in [5.74, 6) is -0.191. The van der Waals surface area contributed by atoms with Gasteiger partial charge in [-0.3, -0.25) is 4.79 Å². The van der Waals surface area contributed by atoms with Gasteiger partial charge in [0.1, 0.15) is 0 Å². The second-order valence-electron chi connectivity index (χ2n) is 3.64. The van der Waals surface area contributed by atoms with Gasteiger partial charge in [-0.15, -0.1) is 0 Å². The second-order valence-corrected chi connectivity index (χ2v) is 4.87. The zero-order valence-corrected chi connectivity index (χ0v) is 12.1. The molecule has 1 aromatic carbocycles. The molecule has 17 heavy (non-hydrogen) atoms. The SMILES string of the molecule is CCOCC(C)NC(=O)c1cccc(Br)c1Cl. The number of halogens is 2. The average Bonchev–Trinajstić information content (AvgIpc) is 2.29. The van der Waals surface area contributed by atoms with Crippen molar-refractivity contribution in [3.63, 3.8) is 0 Å². The van der Waals surface area contributed by atoms with Gasteiger partial charge in [-0.1, -0.05) is 17.7 Å². The summed E-state index contributed by atoms with van der Waals surface area (Å²) >= 11 is 9.32. The molecule has 1 amide bonds. The first-order valence-corrected chi connectivity index (χ1v) is 6.56. The van der Waals surface area contributed by atoms with Crippen molar-refractivity contribution in [2.24, 2.45) is 0 Å². The normalized spacial score (nSPS) is 12.2. The third-order valence-corrected chi connectivity index (χ3v) is 3.44. The molecule has 1 atom stereocenters. The van der Waals surface area contributed by atoms with Crippen molar-refractivity contribution in [2.45, 2.75) is 19.9 Å². The molecule has 0 fully saturated rings. The Balaban J connectivity index is 2.67. The summed E-state index contributed by atoms with van der Waals surface area (Å²) in [6.07, 6.45) is 0. The Labute approximate surface area is 115 Å². The molecule has 0 aliphatic carbocycles. The largest absolute Gasteiger partial charge is 0.380 e. The van der Waals surface area contributed by atoms with Gasteiger partial charge < -0.3 is 10.1 Å². The topological polar surface area (TPSA) is 38.3 Å². The van der Waals surface area contributed by atoms with E-state index in [2.05, 4.69) is 21.2 Å². The van der Waals surface area contributed by atoms with Crippen LogP contribution in [0.1, 0.15) is 24.2 Å². The number of hydrogen-bond donors (Lipinski definition) is 1. The molecule has 0 aliphatic rings. The molecule has 1 unspecified atom stereocenters. The summed E-state index contributed by atoms with van der Waals surface area (Å²) in [6.45, 7) is 4.94. The zero-order chi connectivity index (χ0) is 12.8. The van der Waals surface area contributed by atoms with Crippen LogP contribution in [0.3, 0.4) is 0 Å². The van der Waals surface area contributed by atoms with E-state index in [9.17, 15) is 4.79 Å². The van der Waals surface area contributed by atoms with E-state index in [1.165, 1.54) is 0 Å². The van der Waals surface area contributed by atoms with E-state index in [0.29, 0.717) is 28.3 Å². The number of nitrogens with one attached hydrogen (secondary N) is 1. The summed E-state index contributed by atoms with van der Waals surface area (Å²) in [6, 6.07) is 5.22. The Bertz CT molecular complexity index is 398. The molecule has 0 aliphatic heterocycles. The maximum atomic E-state index is 11.9. The van der Waals surface area contributed by atoms with Gasteiger partial charge in [0.15, 0.2) is 0 Å². The number of benzene rings is 1. The van der Waals surface area contributed by atoms with Crippen molar-refractivity contribution in [2.75, 3.05) is 13.2 Å². The van der Waals surface area contributed by atoms with Crippen molar-refractivity contribution in [3.8, 4) is 0 Å². The lowest BCUT2D eigenvalue weighted by Gasteiger charge is -2.14. The van der Waals surface area contributed by atoms with Gasteiger partial charge in [-0.2, -0.15) is 0 Å². The molecule has 94 valence electrons. The number of hydrogen-bond acceptors (Lipinski definition) is 2. The highest BCUT2D eigenvalue weighted by atomic mass is 79.9. The molecule has 0 saturated carbocycles. The minimum Gasteiger partial charge on any atom is -0.380 e. The monoisotopic (exact) mass is 319 g/mol. The molecule has 5 heteroatoms. The maximum Gasteiger partial charge on any atom is 0.253 e. The molecular formula is C12H15BrClNO2. The average molecular weight is 321 g/mol. The van der Waals surface area contributed by atoms with Crippen molar-refractivity contribution >= 4 is 33.4 Å². The maximum absolute atomic E-state index is 11.9. The lowest BCUT2D eigenvalue weighted by molar-refractivity contribution is 0.0872. The lowest BCUT2D eigenvalue weighted by Crippen LogP contribution is -2.36. The molecule has 1 aromatic rings. The molecule has 1 N–H and O–H groups in total. The van der Waals surface area contributed by atoms with E-state index in [-0.39, 0.29) is 11.9 Å². The Kier molecular flexibility index (Phi) is 5.95. The third kappa shape index (κ3) is 4.30. The first-order valence-electron chi connectivity index (χ1n) is 5.38.